The van der Waals surface area contributed by atoms with Crippen molar-refractivity contribution in [3.8, 4) is 0 Å². The molecule has 0 aliphatic heterocycles. The smallest absolute Gasteiger partial charge is 0.0652 e. The second-order valence-electron chi connectivity index (χ2n) is 6.67. The maximum atomic E-state index is 5.50. The van der Waals surface area contributed by atoms with Gasteiger partial charge in [0, 0.05) is 25.1 Å². The van der Waals surface area contributed by atoms with Gasteiger partial charge in [0.1, 0.15) is 0 Å². The van der Waals surface area contributed by atoms with E-state index in [1.54, 1.807) is 11.1 Å². The molecule has 2 atom stereocenters. The second-order valence-corrected chi connectivity index (χ2v) is 6.67. The summed E-state index contributed by atoms with van der Waals surface area (Å²) >= 11 is 0. The molecule has 2 aliphatic rings. The van der Waals surface area contributed by atoms with E-state index < -0.39 is 0 Å². The topological polar surface area (TPSA) is 21.3 Å². The summed E-state index contributed by atoms with van der Waals surface area (Å²) in [5.41, 5.74) is 4.82. The van der Waals surface area contributed by atoms with Crippen molar-refractivity contribution >= 4 is 0 Å². The summed E-state index contributed by atoms with van der Waals surface area (Å²) in [6.45, 7) is 5.58. The number of methoxy groups -OCH3 is 1. The van der Waals surface area contributed by atoms with Crippen LogP contribution in [0.25, 0.3) is 0 Å². The van der Waals surface area contributed by atoms with Gasteiger partial charge in [0.15, 0.2) is 0 Å². The average molecular weight is 259 g/mol. The van der Waals surface area contributed by atoms with Crippen molar-refractivity contribution in [3.05, 3.63) is 34.9 Å². The fourth-order valence-corrected chi connectivity index (χ4v) is 3.61. The third kappa shape index (κ3) is 2.32. The van der Waals surface area contributed by atoms with Gasteiger partial charge in [-0.15, -0.1) is 0 Å². The van der Waals surface area contributed by atoms with Gasteiger partial charge < -0.3 is 10.1 Å². The molecule has 0 radical (unpaired) electrons. The van der Waals surface area contributed by atoms with Crippen LogP contribution in [0.4, 0.5) is 0 Å². The first-order chi connectivity index (χ1) is 9.11. The molecule has 2 unspecified atom stereocenters. The Labute approximate surface area is 116 Å². The van der Waals surface area contributed by atoms with Gasteiger partial charge in [-0.05, 0) is 42.4 Å². The normalized spacial score (nSPS) is 27.9. The van der Waals surface area contributed by atoms with Gasteiger partial charge in [-0.25, -0.2) is 0 Å². The predicted octanol–water partition coefficient (Wildman–Crippen LogP) is 3.08. The molecule has 0 bridgehead atoms. The van der Waals surface area contributed by atoms with Crippen molar-refractivity contribution in [1.82, 2.24) is 5.32 Å². The SMILES string of the molecule is COC1CC(NCc2ccc3c(c2)CCC3)C1(C)C. The van der Waals surface area contributed by atoms with Gasteiger partial charge in [-0.1, -0.05) is 32.0 Å². The minimum absolute atomic E-state index is 0.255. The summed E-state index contributed by atoms with van der Waals surface area (Å²) in [4.78, 5) is 0. The molecule has 0 heterocycles. The Bertz CT molecular complexity index is 466. The van der Waals surface area contributed by atoms with Crippen LogP contribution in [0.15, 0.2) is 18.2 Å². The van der Waals surface area contributed by atoms with Crippen molar-refractivity contribution in [2.24, 2.45) is 5.41 Å². The van der Waals surface area contributed by atoms with Crippen LogP contribution in [-0.2, 0) is 24.1 Å². The van der Waals surface area contributed by atoms with Crippen molar-refractivity contribution in [2.45, 2.75) is 58.2 Å². The molecule has 1 N–H and O–H groups in total. The third-order valence-corrected chi connectivity index (χ3v) is 5.18. The third-order valence-electron chi connectivity index (χ3n) is 5.18. The van der Waals surface area contributed by atoms with Crippen molar-refractivity contribution in [1.29, 1.82) is 0 Å². The molecule has 1 aromatic carbocycles. The zero-order valence-corrected chi connectivity index (χ0v) is 12.3. The van der Waals surface area contributed by atoms with E-state index >= 15 is 0 Å². The van der Waals surface area contributed by atoms with E-state index in [1.807, 2.05) is 7.11 Å². The lowest BCUT2D eigenvalue weighted by Crippen LogP contribution is -2.60. The van der Waals surface area contributed by atoms with E-state index in [9.17, 15) is 0 Å². The number of aryl methyl sites for hydroxylation is 2. The Hall–Kier alpha value is -0.860. The molecular weight excluding hydrogens is 234 g/mol. The van der Waals surface area contributed by atoms with Gasteiger partial charge >= 0.3 is 0 Å². The lowest BCUT2D eigenvalue weighted by Gasteiger charge is -2.51. The van der Waals surface area contributed by atoms with Crippen LogP contribution in [0.3, 0.4) is 0 Å². The predicted molar refractivity (Wildman–Crippen MR) is 78.3 cm³/mol. The van der Waals surface area contributed by atoms with Crippen molar-refractivity contribution < 1.29 is 4.74 Å². The molecule has 1 aromatic rings. The Morgan fingerprint density at radius 1 is 1.26 bits per heavy atom. The highest BCUT2D eigenvalue weighted by Crippen LogP contribution is 2.42. The van der Waals surface area contributed by atoms with Crippen LogP contribution in [0.2, 0.25) is 0 Å². The lowest BCUT2D eigenvalue weighted by atomic mass is 9.64. The Kier molecular flexibility index (Phi) is 3.40. The molecule has 2 nitrogen and oxygen atoms in total. The zero-order chi connectivity index (χ0) is 13.5. The number of benzene rings is 1. The highest BCUT2D eigenvalue weighted by Gasteiger charge is 2.48. The molecule has 19 heavy (non-hydrogen) atoms. The number of hydrogen-bond acceptors (Lipinski definition) is 2. The first kappa shape index (κ1) is 13.1. The number of rotatable bonds is 4. The lowest BCUT2D eigenvalue weighted by molar-refractivity contribution is -0.0979. The number of fused-ring (bicyclic) bond motifs is 1. The van der Waals surface area contributed by atoms with Crippen molar-refractivity contribution in [2.75, 3.05) is 7.11 Å². The van der Waals surface area contributed by atoms with E-state index in [-0.39, 0.29) is 5.41 Å². The Morgan fingerprint density at radius 2 is 2.05 bits per heavy atom. The first-order valence-corrected chi connectivity index (χ1v) is 7.48. The standard InChI is InChI=1S/C17H25NO/c1-17(2)15(10-16(17)19-3)18-11-12-7-8-13-5-4-6-14(13)9-12/h7-9,15-16,18H,4-6,10-11H2,1-3H3. The quantitative estimate of drug-likeness (QED) is 0.897. The summed E-state index contributed by atoms with van der Waals surface area (Å²) in [6, 6.07) is 7.58. The fourth-order valence-electron chi connectivity index (χ4n) is 3.61. The second kappa shape index (κ2) is 4.92. The largest absolute Gasteiger partial charge is 0.381 e. The van der Waals surface area contributed by atoms with Gasteiger partial charge in [0.2, 0.25) is 0 Å². The first-order valence-electron chi connectivity index (χ1n) is 7.48. The highest BCUT2D eigenvalue weighted by molar-refractivity contribution is 5.35. The molecule has 104 valence electrons. The van der Waals surface area contributed by atoms with E-state index in [2.05, 4.69) is 37.4 Å². The minimum atomic E-state index is 0.255. The summed E-state index contributed by atoms with van der Waals surface area (Å²) in [5.74, 6) is 0. The maximum Gasteiger partial charge on any atom is 0.0652 e. The molecular formula is C17H25NO. The van der Waals surface area contributed by atoms with Crippen molar-refractivity contribution in [3.63, 3.8) is 0 Å². The van der Waals surface area contributed by atoms with Crippen LogP contribution in [0.5, 0.6) is 0 Å². The van der Waals surface area contributed by atoms with Crippen LogP contribution in [-0.4, -0.2) is 19.3 Å². The van der Waals surface area contributed by atoms with Crippen LogP contribution < -0.4 is 5.32 Å². The van der Waals surface area contributed by atoms with Gasteiger partial charge in [-0.3, -0.25) is 0 Å². The monoisotopic (exact) mass is 259 g/mol. The Balaban J connectivity index is 1.59. The molecule has 0 saturated heterocycles. The Morgan fingerprint density at radius 3 is 2.79 bits per heavy atom. The number of ether oxygens (including phenoxy) is 1. The van der Waals surface area contributed by atoms with E-state index in [4.69, 9.17) is 4.74 Å². The molecule has 1 fully saturated rings. The van der Waals surface area contributed by atoms with Gasteiger partial charge in [-0.2, -0.15) is 0 Å². The molecule has 1 saturated carbocycles. The summed E-state index contributed by atoms with van der Waals surface area (Å²) in [7, 11) is 1.82. The molecule has 0 amide bonds. The van der Waals surface area contributed by atoms with Crippen LogP contribution >= 0.6 is 0 Å². The highest BCUT2D eigenvalue weighted by atomic mass is 16.5. The van der Waals surface area contributed by atoms with Crippen LogP contribution in [0, 0.1) is 5.41 Å². The summed E-state index contributed by atoms with van der Waals surface area (Å²) in [5, 5.41) is 3.70. The van der Waals surface area contributed by atoms with E-state index in [1.165, 1.54) is 24.8 Å². The number of nitrogens with one attached hydrogen (secondary N) is 1. The molecule has 3 rings (SSSR count). The summed E-state index contributed by atoms with van der Waals surface area (Å²) in [6.07, 6.45) is 5.41. The summed E-state index contributed by atoms with van der Waals surface area (Å²) < 4.78 is 5.50. The van der Waals surface area contributed by atoms with Crippen LogP contribution in [0.1, 0.15) is 43.4 Å². The zero-order valence-electron chi connectivity index (χ0n) is 12.3. The number of hydrogen-bond donors (Lipinski definition) is 1. The fraction of sp³-hybridized carbons (Fsp3) is 0.647. The van der Waals surface area contributed by atoms with E-state index in [0.29, 0.717) is 12.1 Å². The van der Waals surface area contributed by atoms with Gasteiger partial charge in [0.05, 0.1) is 6.10 Å². The molecule has 2 heteroatoms. The van der Waals surface area contributed by atoms with E-state index in [0.717, 1.165) is 13.0 Å². The molecule has 0 spiro atoms. The molecule has 2 aliphatic carbocycles. The molecule has 0 aromatic heterocycles. The maximum absolute atomic E-state index is 5.50. The average Bonchev–Trinajstić information content (AvgIpc) is 2.85. The minimum Gasteiger partial charge on any atom is -0.381 e. The van der Waals surface area contributed by atoms with Gasteiger partial charge in [0.25, 0.3) is 0 Å².